The molecule has 0 bridgehead atoms. The first-order valence-electron chi connectivity index (χ1n) is 11.7. The van der Waals surface area contributed by atoms with Crippen LogP contribution in [-0.4, -0.2) is 83.5 Å². The van der Waals surface area contributed by atoms with Gasteiger partial charge in [0.15, 0.2) is 16.6 Å². The molecule has 204 valence electrons. The number of sulfonamides is 1. The van der Waals surface area contributed by atoms with Crippen molar-refractivity contribution in [3.05, 3.63) is 42.0 Å². The molecular formula is C25H35ClN4O5S2. The summed E-state index contributed by atoms with van der Waals surface area (Å²) in [6.45, 7) is 3.51. The SMILES string of the molecule is CCCCN(C)S(=O)(=O)c1ccc(C(=O)N(CCN(C)C)c2nc3cc(OC)c(OC)cc3s2)cc1.Cl. The molecule has 0 aliphatic carbocycles. The van der Waals surface area contributed by atoms with Crippen LogP contribution in [-0.2, 0) is 10.0 Å². The largest absolute Gasteiger partial charge is 0.493 e. The van der Waals surface area contributed by atoms with E-state index in [1.54, 1.807) is 44.4 Å². The van der Waals surface area contributed by atoms with Crippen LogP contribution in [0.3, 0.4) is 0 Å². The summed E-state index contributed by atoms with van der Waals surface area (Å²) in [7, 11) is 4.97. The van der Waals surface area contributed by atoms with E-state index >= 15 is 0 Å². The van der Waals surface area contributed by atoms with Crippen LogP contribution in [0.4, 0.5) is 5.13 Å². The third-order valence-corrected chi connectivity index (χ3v) is 8.68. The van der Waals surface area contributed by atoms with Crippen molar-refractivity contribution in [3.8, 4) is 11.5 Å². The molecule has 0 fully saturated rings. The number of likely N-dealkylation sites (N-methyl/N-ethyl adjacent to an activating group) is 1. The molecule has 12 heteroatoms. The molecule has 0 N–H and O–H groups in total. The van der Waals surface area contributed by atoms with Crippen molar-refractivity contribution in [2.45, 2.75) is 24.7 Å². The number of nitrogens with zero attached hydrogens (tertiary/aromatic N) is 4. The number of aromatic nitrogens is 1. The smallest absolute Gasteiger partial charge is 0.260 e. The highest BCUT2D eigenvalue weighted by molar-refractivity contribution is 7.89. The van der Waals surface area contributed by atoms with Crippen LogP contribution in [0.5, 0.6) is 11.5 Å². The van der Waals surface area contributed by atoms with Gasteiger partial charge in [-0.05, 0) is 44.8 Å². The van der Waals surface area contributed by atoms with Crippen LogP contribution in [0.25, 0.3) is 10.2 Å². The molecule has 0 unspecified atom stereocenters. The maximum atomic E-state index is 13.6. The number of benzene rings is 2. The monoisotopic (exact) mass is 570 g/mol. The number of hydrogen-bond donors (Lipinski definition) is 0. The second-order valence-corrected chi connectivity index (χ2v) is 11.7. The molecule has 0 atom stereocenters. The molecule has 3 rings (SSSR count). The zero-order valence-corrected chi connectivity index (χ0v) is 24.5. The highest BCUT2D eigenvalue weighted by Gasteiger charge is 2.24. The normalized spacial score (nSPS) is 11.6. The molecule has 37 heavy (non-hydrogen) atoms. The van der Waals surface area contributed by atoms with Crippen molar-refractivity contribution in [2.75, 3.05) is 59.9 Å². The van der Waals surface area contributed by atoms with Crippen molar-refractivity contribution < 1.29 is 22.7 Å². The van der Waals surface area contributed by atoms with E-state index in [4.69, 9.17) is 14.5 Å². The van der Waals surface area contributed by atoms with Gasteiger partial charge in [0.25, 0.3) is 5.91 Å². The molecule has 0 saturated carbocycles. The molecule has 2 aromatic carbocycles. The van der Waals surface area contributed by atoms with Crippen LogP contribution in [0.2, 0.25) is 0 Å². The molecule has 1 amide bonds. The van der Waals surface area contributed by atoms with Crippen molar-refractivity contribution in [3.63, 3.8) is 0 Å². The average Bonchev–Trinajstić information content (AvgIpc) is 3.28. The van der Waals surface area contributed by atoms with Gasteiger partial charge in [-0.2, -0.15) is 0 Å². The van der Waals surface area contributed by atoms with E-state index in [-0.39, 0.29) is 23.2 Å². The number of halogens is 1. The molecule has 0 spiro atoms. The van der Waals surface area contributed by atoms with E-state index in [9.17, 15) is 13.2 Å². The maximum absolute atomic E-state index is 13.6. The Kier molecular flexibility index (Phi) is 11.1. The summed E-state index contributed by atoms with van der Waals surface area (Å²) in [6.07, 6.45) is 1.69. The number of hydrogen-bond acceptors (Lipinski definition) is 8. The highest BCUT2D eigenvalue weighted by Crippen LogP contribution is 2.37. The van der Waals surface area contributed by atoms with Gasteiger partial charge in [-0.25, -0.2) is 17.7 Å². The number of methoxy groups -OCH3 is 2. The summed E-state index contributed by atoms with van der Waals surface area (Å²) >= 11 is 1.39. The van der Waals surface area contributed by atoms with Crippen molar-refractivity contribution in [2.24, 2.45) is 0 Å². The second kappa shape index (κ2) is 13.4. The minimum Gasteiger partial charge on any atom is -0.493 e. The highest BCUT2D eigenvalue weighted by atomic mass is 35.5. The molecule has 0 aliphatic heterocycles. The maximum Gasteiger partial charge on any atom is 0.260 e. The van der Waals surface area contributed by atoms with Gasteiger partial charge in [-0.1, -0.05) is 24.7 Å². The van der Waals surface area contributed by atoms with Crippen molar-refractivity contribution in [1.29, 1.82) is 0 Å². The van der Waals surface area contributed by atoms with E-state index < -0.39 is 10.0 Å². The zero-order valence-electron chi connectivity index (χ0n) is 22.1. The number of anilines is 1. The summed E-state index contributed by atoms with van der Waals surface area (Å²) < 4.78 is 38.7. The molecule has 0 radical (unpaired) electrons. The van der Waals surface area contributed by atoms with Gasteiger partial charge in [0.1, 0.15) is 0 Å². The van der Waals surface area contributed by atoms with E-state index in [0.29, 0.717) is 47.3 Å². The van der Waals surface area contributed by atoms with E-state index in [1.807, 2.05) is 32.0 Å². The van der Waals surface area contributed by atoms with Gasteiger partial charge < -0.3 is 14.4 Å². The molecule has 0 saturated heterocycles. The van der Waals surface area contributed by atoms with Crippen LogP contribution in [0.15, 0.2) is 41.3 Å². The number of amides is 1. The first-order valence-corrected chi connectivity index (χ1v) is 13.9. The average molecular weight is 571 g/mol. The first kappa shape index (κ1) is 30.8. The number of rotatable bonds is 12. The Bertz CT molecular complexity index is 1260. The number of thiazole rings is 1. The summed E-state index contributed by atoms with van der Waals surface area (Å²) in [5.41, 5.74) is 1.09. The Morgan fingerprint density at radius 3 is 2.16 bits per heavy atom. The summed E-state index contributed by atoms with van der Waals surface area (Å²) in [4.78, 5) is 22.1. The lowest BCUT2D eigenvalue weighted by molar-refractivity contribution is 0.0985. The predicted molar refractivity (Wildman–Crippen MR) is 151 cm³/mol. The Morgan fingerprint density at radius 2 is 1.59 bits per heavy atom. The van der Waals surface area contributed by atoms with Crippen LogP contribution in [0, 0.1) is 0 Å². The molecule has 9 nitrogen and oxygen atoms in total. The van der Waals surface area contributed by atoms with E-state index in [1.165, 1.54) is 27.8 Å². The standard InChI is InChI=1S/C25H34N4O5S2.ClH/c1-7-8-13-28(4)36(31,32)19-11-9-18(10-12-19)24(30)29(15-14-27(2)3)25-26-20-16-21(33-5)22(34-6)17-23(20)35-25;/h9-12,16-17H,7-8,13-15H2,1-6H3;1H. The fourth-order valence-electron chi connectivity index (χ4n) is 3.55. The number of ether oxygens (including phenoxy) is 2. The van der Waals surface area contributed by atoms with Gasteiger partial charge in [-0.3, -0.25) is 9.69 Å². The zero-order chi connectivity index (χ0) is 26.5. The van der Waals surface area contributed by atoms with Gasteiger partial charge in [-0.15, -0.1) is 12.4 Å². The quantitative estimate of drug-likeness (QED) is 0.319. The Balaban J connectivity index is 0.00000481. The third-order valence-electron chi connectivity index (χ3n) is 5.77. The topological polar surface area (TPSA) is 92.3 Å². The Hall–Kier alpha value is -2.44. The molecule has 0 aliphatic rings. The fourth-order valence-corrected chi connectivity index (χ4v) is 5.76. The lowest BCUT2D eigenvalue weighted by Crippen LogP contribution is -2.36. The van der Waals surface area contributed by atoms with Gasteiger partial charge >= 0.3 is 0 Å². The summed E-state index contributed by atoms with van der Waals surface area (Å²) in [5.74, 6) is 0.902. The van der Waals surface area contributed by atoms with Crippen molar-refractivity contribution in [1.82, 2.24) is 14.2 Å². The fraction of sp³-hybridized carbons (Fsp3) is 0.440. The van der Waals surface area contributed by atoms with Crippen LogP contribution in [0.1, 0.15) is 30.1 Å². The third kappa shape index (κ3) is 7.11. The summed E-state index contributed by atoms with van der Waals surface area (Å²) in [6, 6.07) is 9.73. The number of carbonyl (C=O) groups excluding carboxylic acids is 1. The van der Waals surface area contributed by atoms with Gasteiger partial charge in [0, 0.05) is 44.4 Å². The van der Waals surface area contributed by atoms with E-state index in [0.717, 1.165) is 17.5 Å². The first-order chi connectivity index (χ1) is 17.1. The lowest BCUT2D eigenvalue weighted by atomic mass is 10.2. The Morgan fingerprint density at radius 1 is 0.973 bits per heavy atom. The minimum absolute atomic E-state index is 0. The second-order valence-electron chi connectivity index (χ2n) is 8.64. The van der Waals surface area contributed by atoms with Crippen LogP contribution < -0.4 is 14.4 Å². The van der Waals surface area contributed by atoms with Crippen molar-refractivity contribution >= 4 is 55.0 Å². The molecular weight excluding hydrogens is 536 g/mol. The van der Waals surface area contributed by atoms with Gasteiger partial charge in [0.2, 0.25) is 10.0 Å². The number of fused-ring (bicyclic) bond motifs is 1. The predicted octanol–water partition coefficient (Wildman–Crippen LogP) is 4.36. The summed E-state index contributed by atoms with van der Waals surface area (Å²) in [5, 5.41) is 0.545. The van der Waals surface area contributed by atoms with Crippen LogP contribution >= 0.6 is 23.7 Å². The molecule has 3 aromatic rings. The number of unbranched alkanes of at least 4 members (excludes halogenated alkanes) is 1. The van der Waals surface area contributed by atoms with Gasteiger partial charge in [0.05, 0.1) is 29.3 Å². The lowest BCUT2D eigenvalue weighted by Gasteiger charge is -2.22. The molecule has 1 heterocycles. The van der Waals surface area contributed by atoms with E-state index in [2.05, 4.69) is 0 Å². The Labute approximate surface area is 229 Å². The molecule has 1 aromatic heterocycles. The number of carbonyl (C=O) groups is 1. The minimum atomic E-state index is -3.61.